The second kappa shape index (κ2) is 13.0. The molecule has 1 aliphatic carbocycles. The third-order valence-corrected chi connectivity index (χ3v) is 13.4. The van der Waals surface area contributed by atoms with Crippen LogP contribution in [0.5, 0.6) is 0 Å². The van der Waals surface area contributed by atoms with E-state index in [0.29, 0.717) is 0 Å². The van der Waals surface area contributed by atoms with Crippen molar-refractivity contribution < 1.29 is 0 Å². The van der Waals surface area contributed by atoms with Gasteiger partial charge < -0.3 is 9.13 Å². The van der Waals surface area contributed by atoms with E-state index in [0.717, 1.165) is 50.6 Å². The topological polar surface area (TPSA) is 32.6 Å². The maximum absolute atomic E-state index is 5.66. The molecule has 14 rings (SSSR count). The smallest absolute Gasteiger partial charge is 0.140 e. The fourth-order valence-corrected chi connectivity index (χ4v) is 11.0. The summed E-state index contributed by atoms with van der Waals surface area (Å²) in [6, 6.07) is 79.3. The fourth-order valence-electron chi connectivity index (χ4n) is 11.0. The van der Waals surface area contributed by atoms with E-state index in [1.165, 1.54) is 65.9 Å². The van der Waals surface area contributed by atoms with Gasteiger partial charge in [-0.1, -0.05) is 158 Å². The standard InChI is InChI=1S/C58H37N5/c1-2-18-37(19-3-1)54-42-24-4-5-25-43(42)56-55(54)44-26-8-13-31-49(44)62(56)52-34-17-35-53(59-52)63-51-33-15-10-28-46(51)57-58(63)45-27-9-14-32-50(45)61(57)39-21-16-20-38(36-39)60-47-29-11-6-22-40(47)41-23-7-12-30-48(41)60/h1-36,54H. The van der Waals surface area contributed by atoms with Gasteiger partial charge in [0.05, 0.1) is 44.3 Å². The van der Waals surface area contributed by atoms with E-state index < -0.39 is 0 Å². The zero-order chi connectivity index (χ0) is 41.2. The van der Waals surface area contributed by atoms with E-state index in [4.69, 9.17) is 4.98 Å². The van der Waals surface area contributed by atoms with E-state index in [9.17, 15) is 0 Å². The van der Waals surface area contributed by atoms with Crippen LogP contribution < -0.4 is 0 Å². The van der Waals surface area contributed by atoms with Crippen molar-refractivity contribution in [3.63, 3.8) is 0 Å². The Kier molecular flexibility index (Phi) is 7.11. The summed E-state index contributed by atoms with van der Waals surface area (Å²) in [5.41, 5.74) is 16.8. The largest absolute Gasteiger partial charge is 0.309 e. The number of hydrogen-bond acceptors (Lipinski definition) is 1. The maximum atomic E-state index is 5.66. The van der Waals surface area contributed by atoms with Crippen LogP contribution in [0.1, 0.15) is 22.6 Å². The lowest BCUT2D eigenvalue weighted by Crippen LogP contribution is -2.04. The van der Waals surface area contributed by atoms with Crippen molar-refractivity contribution in [2.45, 2.75) is 5.92 Å². The Balaban J connectivity index is 1.01. The van der Waals surface area contributed by atoms with Crippen molar-refractivity contribution in [3.8, 4) is 34.3 Å². The van der Waals surface area contributed by atoms with Gasteiger partial charge in [-0.25, -0.2) is 4.98 Å². The third kappa shape index (κ3) is 4.73. The van der Waals surface area contributed by atoms with Crippen molar-refractivity contribution in [2.24, 2.45) is 0 Å². The highest BCUT2D eigenvalue weighted by atomic mass is 15.2. The Morgan fingerprint density at radius 2 is 0.794 bits per heavy atom. The molecule has 0 N–H and O–H groups in total. The first-order chi connectivity index (χ1) is 31.3. The number of hydrogen-bond donors (Lipinski definition) is 0. The van der Waals surface area contributed by atoms with Gasteiger partial charge in [-0.05, 0) is 77.4 Å². The third-order valence-electron chi connectivity index (χ3n) is 13.4. The highest BCUT2D eigenvalue weighted by Crippen LogP contribution is 2.53. The number of pyridine rings is 1. The lowest BCUT2D eigenvalue weighted by atomic mass is 9.88. The number of nitrogens with zero attached hydrogens (tertiary/aromatic N) is 5. The molecule has 0 bridgehead atoms. The molecule has 0 saturated heterocycles. The van der Waals surface area contributed by atoms with Crippen molar-refractivity contribution in [1.29, 1.82) is 0 Å². The first-order valence-electron chi connectivity index (χ1n) is 21.7. The van der Waals surface area contributed by atoms with E-state index >= 15 is 0 Å². The van der Waals surface area contributed by atoms with Crippen LogP contribution in [0.2, 0.25) is 0 Å². The van der Waals surface area contributed by atoms with Crippen LogP contribution in [0, 0.1) is 0 Å². The number of fused-ring (bicyclic) bond motifs is 13. The van der Waals surface area contributed by atoms with Crippen LogP contribution >= 0.6 is 0 Å². The molecule has 0 saturated carbocycles. The molecule has 5 aromatic heterocycles. The summed E-state index contributed by atoms with van der Waals surface area (Å²) < 4.78 is 9.65. The van der Waals surface area contributed by atoms with Crippen LogP contribution in [0.15, 0.2) is 218 Å². The van der Waals surface area contributed by atoms with Crippen molar-refractivity contribution >= 4 is 65.5 Å². The summed E-state index contributed by atoms with van der Waals surface area (Å²) in [6.07, 6.45) is 0. The van der Waals surface area contributed by atoms with E-state index in [-0.39, 0.29) is 5.92 Å². The second-order valence-electron chi connectivity index (χ2n) is 16.7. The molecule has 5 nitrogen and oxygen atoms in total. The molecular weight excluding hydrogens is 767 g/mol. The number of rotatable bonds is 5. The Morgan fingerprint density at radius 1 is 0.333 bits per heavy atom. The monoisotopic (exact) mass is 803 g/mol. The van der Waals surface area contributed by atoms with Gasteiger partial charge in [-0.3, -0.25) is 9.13 Å². The number of aromatic nitrogens is 5. The molecule has 1 aliphatic rings. The predicted molar refractivity (Wildman–Crippen MR) is 259 cm³/mol. The maximum Gasteiger partial charge on any atom is 0.140 e. The van der Waals surface area contributed by atoms with Crippen molar-refractivity contribution in [3.05, 3.63) is 235 Å². The summed E-state index contributed by atoms with van der Waals surface area (Å²) in [5.74, 6) is 1.89. The minimum absolute atomic E-state index is 0.124. The van der Waals surface area contributed by atoms with Crippen LogP contribution in [0.4, 0.5) is 0 Å². The van der Waals surface area contributed by atoms with Gasteiger partial charge in [0.15, 0.2) is 0 Å². The Morgan fingerprint density at radius 3 is 1.46 bits per heavy atom. The predicted octanol–water partition coefficient (Wildman–Crippen LogP) is 14.3. The molecular formula is C58H37N5. The summed E-state index contributed by atoms with van der Waals surface area (Å²) in [7, 11) is 0. The molecule has 5 heterocycles. The van der Waals surface area contributed by atoms with Crippen molar-refractivity contribution in [2.75, 3.05) is 0 Å². The molecule has 63 heavy (non-hydrogen) atoms. The Labute approximate surface area is 362 Å². The summed E-state index contributed by atoms with van der Waals surface area (Å²) in [5, 5.41) is 6.10. The van der Waals surface area contributed by atoms with Gasteiger partial charge in [-0.2, -0.15) is 0 Å². The fraction of sp³-hybridized carbons (Fsp3) is 0.0172. The summed E-state index contributed by atoms with van der Waals surface area (Å²) in [6.45, 7) is 0. The van der Waals surface area contributed by atoms with Gasteiger partial charge >= 0.3 is 0 Å². The van der Waals surface area contributed by atoms with Crippen LogP contribution in [-0.4, -0.2) is 23.3 Å². The van der Waals surface area contributed by atoms with Gasteiger partial charge in [0.1, 0.15) is 11.6 Å². The van der Waals surface area contributed by atoms with Gasteiger partial charge in [0, 0.05) is 49.8 Å². The molecule has 1 unspecified atom stereocenters. The van der Waals surface area contributed by atoms with Crippen LogP contribution in [0.25, 0.3) is 99.8 Å². The molecule has 0 spiro atoms. The average Bonchev–Trinajstić information content (AvgIpc) is 4.14. The molecule has 13 aromatic rings. The van der Waals surface area contributed by atoms with Gasteiger partial charge in [-0.15, -0.1) is 0 Å². The van der Waals surface area contributed by atoms with E-state index in [2.05, 4.69) is 237 Å². The van der Waals surface area contributed by atoms with Gasteiger partial charge in [0.2, 0.25) is 0 Å². The van der Waals surface area contributed by atoms with Gasteiger partial charge in [0.25, 0.3) is 0 Å². The van der Waals surface area contributed by atoms with Crippen LogP contribution in [0.3, 0.4) is 0 Å². The molecule has 294 valence electrons. The first-order valence-corrected chi connectivity index (χ1v) is 21.7. The lowest BCUT2D eigenvalue weighted by molar-refractivity contribution is 0.994. The minimum atomic E-state index is 0.124. The van der Waals surface area contributed by atoms with Crippen LogP contribution in [-0.2, 0) is 0 Å². The quantitative estimate of drug-likeness (QED) is 0.171. The number of benzene rings is 8. The zero-order valence-electron chi connectivity index (χ0n) is 34.1. The molecule has 1 atom stereocenters. The summed E-state index contributed by atoms with van der Waals surface area (Å²) >= 11 is 0. The number of para-hydroxylation sites is 5. The molecule has 0 radical (unpaired) electrons. The van der Waals surface area contributed by atoms with E-state index in [1.807, 2.05) is 0 Å². The average molecular weight is 804 g/mol. The zero-order valence-corrected chi connectivity index (χ0v) is 34.1. The highest BCUT2D eigenvalue weighted by Gasteiger charge is 2.36. The summed E-state index contributed by atoms with van der Waals surface area (Å²) in [4.78, 5) is 5.66. The second-order valence-corrected chi connectivity index (χ2v) is 16.7. The van der Waals surface area contributed by atoms with Crippen molar-refractivity contribution in [1.82, 2.24) is 23.3 Å². The molecule has 0 aliphatic heterocycles. The molecule has 8 aromatic carbocycles. The molecule has 5 heteroatoms. The van der Waals surface area contributed by atoms with E-state index in [1.54, 1.807) is 0 Å². The highest BCUT2D eigenvalue weighted by molar-refractivity contribution is 6.20. The normalized spacial score (nSPS) is 13.6. The Hall–Kier alpha value is -8.41. The molecule has 0 fully saturated rings. The SMILES string of the molecule is c1ccc(C2c3ccccc3-c3c2c2ccccc2n3-c2cccc(-n3c4ccccc4c4c3c3ccccc3n4-c3cccc(-n4c5ccccc5c5ccccc54)c3)n2)cc1. The lowest BCUT2D eigenvalue weighted by Gasteiger charge is -2.15. The first kappa shape index (κ1) is 34.3. The minimum Gasteiger partial charge on any atom is -0.309 e. The molecule has 0 amide bonds. The Bertz CT molecular complexity index is 3930.